The van der Waals surface area contributed by atoms with Gasteiger partial charge in [-0.2, -0.15) is 4.37 Å². The first-order valence-corrected chi connectivity index (χ1v) is 6.11. The van der Waals surface area contributed by atoms with Crippen molar-refractivity contribution < 1.29 is 4.74 Å². The van der Waals surface area contributed by atoms with Gasteiger partial charge < -0.3 is 9.64 Å². The van der Waals surface area contributed by atoms with Crippen LogP contribution in [0.5, 0.6) is 0 Å². The summed E-state index contributed by atoms with van der Waals surface area (Å²) in [5.41, 5.74) is 0. The van der Waals surface area contributed by atoms with E-state index in [1.54, 1.807) is 7.11 Å². The number of rotatable bonds is 3. The first-order chi connectivity index (χ1) is 7.29. The molecule has 15 heavy (non-hydrogen) atoms. The average Bonchev–Trinajstić information content (AvgIpc) is 2.66. The van der Waals surface area contributed by atoms with Crippen molar-refractivity contribution in [3.05, 3.63) is 5.82 Å². The lowest BCUT2D eigenvalue weighted by molar-refractivity contribution is 0.143. The van der Waals surface area contributed by atoms with Gasteiger partial charge in [0.15, 0.2) is 0 Å². The number of ether oxygens (including phenoxy) is 1. The van der Waals surface area contributed by atoms with Gasteiger partial charge in [0.1, 0.15) is 5.82 Å². The highest BCUT2D eigenvalue weighted by molar-refractivity contribution is 7.09. The molecule has 0 aromatic carbocycles. The van der Waals surface area contributed by atoms with Gasteiger partial charge in [-0.25, -0.2) is 4.98 Å². The zero-order valence-corrected chi connectivity index (χ0v) is 10.1. The molecule has 0 N–H and O–H groups in total. The number of aryl methyl sites for hydroxylation is 1. The highest BCUT2D eigenvalue weighted by atomic mass is 32.1. The highest BCUT2D eigenvalue weighted by Gasteiger charge is 2.21. The van der Waals surface area contributed by atoms with Gasteiger partial charge in [0.25, 0.3) is 0 Å². The van der Waals surface area contributed by atoms with Gasteiger partial charge in [-0.1, -0.05) is 0 Å². The number of hydrogen-bond acceptors (Lipinski definition) is 5. The van der Waals surface area contributed by atoms with Crippen LogP contribution in [0.4, 0.5) is 5.13 Å². The molecule has 1 aromatic heterocycles. The molecule has 0 amide bonds. The molecule has 1 aromatic rings. The summed E-state index contributed by atoms with van der Waals surface area (Å²) >= 11 is 1.50. The lowest BCUT2D eigenvalue weighted by Gasteiger charge is -2.31. The SMILES string of the molecule is COCC1CCCN(c2nc(C)ns2)C1. The molecule has 0 saturated carbocycles. The largest absolute Gasteiger partial charge is 0.384 e. The maximum atomic E-state index is 5.21. The molecule has 0 aliphatic carbocycles. The Bertz CT molecular complexity index is 313. The lowest BCUT2D eigenvalue weighted by Crippen LogP contribution is -2.37. The number of piperidine rings is 1. The summed E-state index contributed by atoms with van der Waals surface area (Å²) in [5, 5.41) is 1.06. The first kappa shape index (κ1) is 10.8. The second-order valence-corrected chi connectivity index (χ2v) is 4.76. The molecule has 1 fully saturated rings. The van der Waals surface area contributed by atoms with Gasteiger partial charge in [-0.3, -0.25) is 0 Å². The zero-order chi connectivity index (χ0) is 10.7. The summed E-state index contributed by atoms with van der Waals surface area (Å²) in [6.07, 6.45) is 2.49. The molecule has 1 unspecified atom stereocenters. The van der Waals surface area contributed by atoms with Crippen LogP contribution in [-0.4, -0.2) is 36.2 Å². The first-order valence-electron chi connectivity index (χ1n) is 5.34. The van der Waals surface area contributed by atoms with Crippen LogP contribution in [0.3, 0.4) is 0 Å². The maximum Gasteiger partial charge on any atom is 0.205 e. The fourth-order valence-corrected chi connectivity index (χ4v) is 2.73. The van der Waals surface area contributed by atoms with Crippen molar-refractivity contribution in [2.75, 3.05) is 31.7 Å². The molecule has 5 heteroatoms. The predicted octanol–water partition coefficient (Wildman–Crippen LogP) is 1.71. The number of hydrogen-bond donors (Lipinski definition) is 0. The molecule has 1 saturated heterocycles. The van der Waals surface area contributed by atoms with E-state index in [-0.39, 0.29) is 0 Å². The van der Waals surface area contributed by atoms with Gasteiger partial charge in [-0.15, -0.1) is 0 Å². The molecule has 1 aliphatic rings. The minimum atomic E-state index is 0.646. The van der Waals surface area contributed by atoms with E-state index in [0.717, 1.165) is 30.7 Å². The Balaban J connectivity index is 1.98. The number of anilines is 1. The molecule has 0 bridgehead atoms. The monoisotopic (exact) mass is 227 g/mol. The van der Waals surface area contributed by atoms with Crippen LogP contribution < -0.4 is 4.90 Å². The van der Waals surface area contributed by atoms with Crippen molar-refractivity contribution >= 4 is 16.7 Å². The molecule has 4 nitrogen and oxygen atoms in total. The fraction of sp³-hybridized carbons (Fsp3) is 0.800. The van der Waals surface area contributed by atoms with Crippen LogP contribution >= 0.6 is 11.5 Å². The van der Waals surface area contributed by atoms with Gasteiger partial charge in [-0.05, 0) is 25.7 Å². The van der Waals surface area contributed by atoms with Crippen molar-refractivity contribution in [1.29, 1.82) is 0 Å². The molecule has 0 radical (unpaired) electrons. The Morgan fingerprint density at radius 3 is 3.13 bits per heavy atom. The van der Waals surface area contributed by atoms with E-state index in [2.05, 4.69) is 14.3 Å². The van der Waals surface area contributed by atoms with Crippen molar-refractivity contribution in [2.45, 2.75) is 19.8 Å². The lowest BCUT2D eigenvalue weighted by atomic mass is 9.99. The summed E-state index contributed by atoms with van der Waals surface area (Å²) < 4.78 is 9.43. The molecule has 0 spiro atoms. The van der Waals surface area contributed by atoms with Crippen LogP contribution in [0, 0.1) is 12.8 Å². The Kier molecular flexibility index (Phi) is 3.53. The summed E-state index contributed by atoms with van der Waals surface area (Å²) in [7, 11) is 1.77. The Hall–Kier alpha value is -0.680. The summed E-state index contributed by atoms with van der Waals surface area (Å²) in [6.45, 7) is 4.96. The standard InChI is InChI=1S/C10H17N3OS/c1-8-11-10(15-12-8)13-5-3-4-9(6-13)7-14-2/h9H,3-7H2,1-2H3. The smallest absolute Gasteiger partial charge is 0.205 e. The third-order valence-electron chi connectivity index (χ3n) is 2.71. The van der Waals surface area contributed by atoms with Crippen LogP contribution in [0.2, 0.25) is 0 Å². The van der Waals surface area contributed by atoms with E-state index in [0.29, 0.717) is 5.92 Å². The van der Waals surface area contributed by atoms with Crippen LogP contribution in [0.1, 0.15) is 18.7 Å². The maximum absolute atomic E-state index is 5.21. The normalized spacial score (nSPS) is 22.0. The topological polar surface area (TPSA) is 38.2 Å². The molecule has 84 valence electrons. The minimum absolute atomic E-state index is 0.646. The van der Waals surface area contributed by atoms with E-state index in [1.807, 2.05) is 6.92 Å². The molecular weight excluding hydrogens is 210 g/mol. The summed E-state index contributed by atoms with van der Waals surface area (Å²) in [4.78, 5) is 6.75. The second kappa shape index (κ2) is 4.90. The average molecular weight is 227 g/mol. The third-order valence-corrected chi connectivity index (χ3v) is 3.58. The van der Waals surface area contributed by atoms with Crippen molar-refractivity contribution in [2.24, 2.45) is 5.92 Å². The summed E-state index contributed by atoms with van der Waals surface area (Å²) in [6, 6.07) is 0. The van der Waals surface area contributed by atoms with E-state index < -0.39 is 0 Å². The fourth-order valence-electron chi connectivity index (χ4n) is 2.03. The van der Waals surface area contributed by atoms with E-state index >= 15 is 0 Å². The molecule has 1 atom stereocenters. The van der Waals surface area contributed by atoms with Crippen LogP contribution in [-0.2, 0) is 4.74 Å². The molecule has 2 rings (SSSR count). The predicted molar refractivity (Wildman–Crippen MR) is 61.5 cm³/mol. The van der Waals surface area contributed by atoms with Gasteiger partial charge in [0.05, 0.1) is 6.61 Å². The Morgan fingerprint density at radius 2 is 2.47 bits per heavy atom. The molecular formula is C10H17N3OS. The van der Waals surface area contributed by atoms with Gasteiger partial charge >= 0.3 is 0 Å². The number of nitrogens with zero attached hydrogens (tertiary/aromatic N) is 3. The van der Waals surface area contributed by atoms with E-state index in [4.69, 9.17) is 4.74 Å². The van der Waals surface area contributed by atoms with Crippen molar-refractivity contribution in [3.8, 4) is 0 Å². The highest BCUT2D eigenvalue weighted by Crippen LogP contribution is 2.24. The Labute approximate surface area is 94.4 Å². The van der Waals surface area contributed by atoms with Crippen LogP contribution in [0.25, 0.3) is 0 Å². The second-order valence-electron chi connectivity index (χ2n) is 4.03. The number of aromatic nitrogens is 2. The van der Waals surface area contributed by atoms with Gasteiger partial charge in [0.2, 0.25) is 5.13 Å². The van der Waals surface area contributed by atoms with Crippen molar-refractivity contribution in [1.82, 2.24) is 9.36 Å². The third kappa shape index (κ3) is 2.66. The van der Waals surface area contributed by atoms with Crippen molar-refractivity contribution in [3.63, 3.8) is 0 Å². The molecule has 1 aliphatic heterocycles. The minimum Gasteiger partial charge on any atom is -0.384 e. The van der Waals surface area contributed by atoms with Gasteiger partial charge in [0, 0.05) is 31.7 Å². The molecule has 2 heterocycles. The van der Waals surface area contributed by atoms with Crippen LogP contribution in [0.15, 0.2) is 0 Å². The number of methoxy groups -OCH3 is 1. The van der Waals surface area contributed by atoms with E-state index in [9.17, 15) is 0 Å². The quantitative estimate of drug-likeness (QED) is 0.788. The zero-order valence-electron chi connectivity index (χ0n) is 9.27. The van der Waals surface area contributed by atoms with E-state index in [1.165, 1.54) is 24.4 Å². The Morgan fingerprint density at radius 1 is 1.60 bits per heavy atom. The summed E-state index contributed by atoms with van der Waals surface area (Å²) in [5.74, 6) is 1.52.